The number of aliphatic hydroxyl groups is 1. The average Bonchev–Trinajstić information content (AvgIpc) is 2.79. The Hall–Kier alpha value is -0.580. The number of ether oxygens (including phenoxy) is 2. The average molecular weight is 287 g/mol. The first-order chi connectivity index (χ1) is 7.75. The highest BCUT2D eigenvalue weighted by atomic mass is 79.9. The van der Waals surface area contributed by atoms with E-state index in [2.05, 4.69) is 15.9 Å². The quantitative estimate of drug-likeness (QED) is 0.923. The van der Waals surface area contributed by atoms with Crippen LogP contribution in [0.1, 0.15) is 6.42 Å². The SMILES string of the molecule is OC(COc1cccc(Br)c1)C1CCOC1. The van der Waals surface area contributed by atoms with Crippen molar-refractivity contribution in [3.05, 3.63) is 28.7 Å². The van der Waals surface area contributed by atoms with Crippen molar-refractivity contribution >= 4 is 15.9 Å². The lowest BCUT2D eigenvalue weighted by atomic mass is 10.0. The summed E-state index contributed by atoms with van der Waals surface area (Å²) < 4.78 is 11.7. The molecule has 2 atom stereocenters. The Morgan fingerprint density at radius 1 is 1.56 bits per heavy atom. The van der Waals surface area contributed by atoms with Gasteiger partial charge < -0.3 is 14.6 Å². The summed E-state index contributed by atoms with van der Waals surface area (Å²) in [6.07, 6.45) is 0.477. The second-order valence-corrected chi connectivity index (χ2v) is 4.88. The molecule has 0 spiro atoms. The molecule has 1 aromatic carbocycles. The molecule has 88 valence electrons. The predicted octanol–water partition coefficient (Wildman–Crippen LogP) is 2.23. The highest BCUT2D eigenvalue weighted by molar-refractivity contribution is 9.10. The Morgan fingerprint density at radius 2 is 2.44 bits per heavy atom. The van der Waals surface area contributed by atoms with Gasteiger partial charge in [-0.15, -0.1) is 0 Å². The van der Waals surface area contributed by atoms with Crippen LogP contribution < -0.4 is 4.74 Å². The Balaban J connectivity index is 1.82. The lowest BCUT2D eigenvalue weighted by Gasteiger charge is -2.17. The van der Waals surface area contributed by atoms with E-state index in [9.17, 15) is 5.11 Å². The largest absolute Gasteiger partial charge is 0.491 e. The van der Waals surface area contributed by atoms with Crippen molar-refractivity contribution in [2.24, 2.45) is 5.92 Å². The van der Waals surface area contributed by atoms with E-state index in [1.165, 1.54) is 0 Å². The van der Waals surface area contributed by atoms with E-state index in [-0.39, 0.29) is 5.92 Å². The van der Waals surface area contributed by atoms with Crippen molar-refractivity contribution < 1.29 is 14.6 Å². The summed E-state index contributed by atoms with van der Waals surface area (Å²) >= 11 is 3.37. The number of benzene rings is 1. The Kier molecular flexibility index (Phi) is 4.21. The van der Waals surface area contributed by atoms with Gasteiger partial charge in [0.2, 0.25) is 0 Å². The number of halogens is 1. The summed E-state index contributed by atoms with van der Waals surface area (Å²) in [5, 5.41) is 9.86. The Bertz CT molecular complexity index is 337. The van der Waals surface area contributed by atoms with Crippen LogP contribution in [-0.2, 0) is 4.74 Å². The molecular weight excluding hydrogens is 272 g/mol. The fraction of sp³-hybridized carbons (Fsp3) is 0.500. The third-order valence-electron chi connectivity index (χ3n) is 2.73. The highest BCUT2D eigenvalue weighted by Gasteiger charge is 2.24. The molecular formula is C12H15BrO3. The monoisotopic (exact) mass is 286 g/mol. The van der Waals surface area contributed by atoms with Crippen molar-refractivity contribution in [1.82, 2.24) is 0 Å². The van der Waals surface area contributed by atoms with E-state index in [0.717, 1.165) is 23.2 Å². The topological polar surface area (TPSA) is 38.7 Å². The third-order valence-corrected chi connectivity index (χ3v) is 3.22. The molecule has 1 aromatic rings. The summed E-state index contributed by atoms with van der Waals surface area (Å²) in [5.74, 6) is 0.986. The van der Waals surface area contributed by atoms with Gasteiger partial charge in [-0.1, -0.05) is 22.0 Å². The van der Waals surface area contributed by atoms with Gasteiger partial charge in [-0.25, -0.2) is 0 Å². The molecule has 0 bridgehead atoms. The molecule has 1 aliphatic heterocycles. The standard InChI is InChI=1S/C12H15BrO3/c13-10-2-1-3-11(6-10)16-8-12(14)9-4-5-15-7-9/h1-3,6,9,12,14H,4-5,7-8H2. The zero-order chi connectivity index (χ0) is 11.4. The van der Waals surface area contributed by atoms with Crippen molar-refractivity contribution in [3.63, 3.8) is 0 Å². The van der Waals surface area contributed by atoms with Gasteiger partial charge in [0.15, 0.2) is 0 Å². The fourth-order valence-electron chi connectivity index (χ4n) is 1.73. The molecule has 3 nitrogen and oxygen atoms in total. The van der Waals surface area contributed by atoms with Crippen LogP contribution in [0.15, 0.2) is 28.7 Å². The van der Waals surface area contributed by atoms with E-state index in [1.54, 1.807) is 0 Å². The molecule has 1 saturated heterocycles. The molecule has 1 N–H and O–H groups in total. The van der Waals surface area contributed by atoms with Gasteiger partial charge >= 0.3 is 0 Å². The van der Waals surface area contributed by atoms with E-state index in [1.807, 2.05) is 24.3 Å². The Morgan fingerprint density at radius 3 is 3.12 bits per heavy atom. The summed E-state index contributed by atoms with van der Waals surface area (Å²) in [5.41, 5.74) is 0. The minimum atomic E-state index is -0.443. The van der Waals surface area contributed by atoms with E-state index < -0.39 is 6.10 Å². The zero-order valence-electron chi connectivity index (χ0n) is 8.93. The molecule has 2 unspecified atom stereocenters. The van der Waals surface area contributed by atoms with Gasteiger partial charge in [0, 0.05) is 17.0 Å². The number of hydrogen-bond donors (Lipinski definition) is 1. The van der Waals surface area contributed by atoms with Crippen LogP contribution in [0.3, 0.4) is 0 Å². The Labute approximate surface area is 104 Å². The van der Waals surface area contributed by atoms with Gasteiger partial charge in [-0.05, 0) is 24.6 Å². The van der Waals surface area contributed by atoms with E-state index in [0.29, 0.717) is 13.2 Å². The summed E-state index contributed by atoms with van der Waals surface area (Å²) in [7, 11) is 0. The second kappa shape index (κ2) is 5.66. The number of hydrogen-bond acceptors (Lipinski definition) is 3. The second-order valence-electron chi connectivity index (χ2n) is 3.96. The molecule has 16 heavy (non-hydrogen) atoms. The van der Waals surface area contributed by atoms with Crippen LogP contribution in [0.5, 0.6) is 5.75 Å². The van der Waals surface area contributed by atoms with Crippen LogP contribution in [0.25, 0.3) is 0 Å². The number of aliphatic hydroxyl groups excluding tert-OH is 1. The van der Waals surface area contributed by atoms with Crippen molar-refractivity contribution in [1.29, 1.82) is 0 Å². The van der Waals surface area contributed by atoms with E-state index >= 15 is 0 Å². The number of rotatable bonds is 4. The first kappa shape index (κ1) is 11.9. The minimum absolute atomic E-state index is 0.215. The van der Waals surface area contributed by atoms with Gasteiger partial charge in [0.05, 0.1) is 12.7 Å². The third kappa shape index (κ3) is 3.20. The molecule has 1 aliphatic rings. The zero-order valence-corrected chi connectivity index (χ0v) is 10.5. The molecule has 1 heterocycles. The summed E-state index contributed by atoms with van der Waals surface area (Å²) in [6.45, 7) is 1.71. The summed E-state index contributed by atoms with van der Waals surface area (Å²) in [6, 6.07) is 7.61. The van der Waals surface area contributed by atoms with Crippen LogP contribution in [-0.4, -0.2) is 31.0 Å². The van der Waals surface area contributed by atoms with Crippen molar-refractivity contribution in [2.75, 3.05) is 19.8 Å². The first-order valence-corrected chi connectivity index (χ1v) is 6.19. The minimum Gasteiger partial charge on any atom is -0.491 e. The maximum absolute atomic E-state index is 9.86. The van der Waals surface area contributed by atoms with Gasteiger partial charge in [0.25, 0.3) is 0 Å². The predicted molar refractivity (Wildman–Crippen MR) is 64.6 cm³/mol. The van der Waals surface area contributed by atoms with Crippen molar-refractivity contribution in [2.45, 2.75) is 12.5 Å². The molecule has 0 saturated carbocycles. The van der Waals surface area contributed by atoms with Crippen LogP contribution in [0.4, 0.5) is 0 Å². The van der Waals surface area contributed by atoms with Crippen LogP contribution in [0.2, 0.25) is 0 Å². The smallest absolute Gasteiger partial charge is 0.120 e. The normalized spacial score (nSPS) is 22.0. The molecule has 2 rings (SSSR count). The molecule has 1 fully saturated rings. The van der Waals surface area contributed by atoms with E-state index in [4.69, 9.17) is 9.47 Å². The van der Waals surface area contributed by atoms with Gasteiger partial charge in [-0.3, -0.25) is 0 Å². The molecule has 0 aromatic heterocycles. The van der Waals surface area contributed by atoms with Crippen molar-refractivity contribution in [3.8, 4) is 5.75 Å². The highest BCUT2D eigenvalue weighted by Crippen LogP contribution is 2.20. The van der Waals surface area contributed by atoms with Gasteiger partial charge in [0.1, 0.15) is 12.4 Å². The maximum Gasteiger partial charge on any atom is 0.120 e. The lowest BCUT2D eigenvalue weighted by Crippen LogP contribution is -2.27. The first-order valence-electron chi connectivity index (χ1n) is 5.40. The fourth-order valence-corrected chi connectivity index (χ4v) is 2.11. The van der Waals surface area contributed by atoms with Gasteiger partial charge in [-0.2, -0.15) is 0 Å². The summed E-state index contributed by atoms with van der Waals surface area (Å²) in [4.78, 5) is 0. The molecule has 0 radical (unpaired) electrons. The maximum atomic E-state index is 9.86. The lowest BCUT2D eigenvalue weighted by molar-refractivity contribution is 0.0499. The van der Waals surface area contributed by atoms with Crippen LogP contribution >= 0.6 is 15.9 Å². The molecule has 0 amide bonds. The molecule has 0 aliphatic carbocycles. The molecule has 4 heteroatoms. The van der Waals surface area contributed by atoms with Crippen LogP contribution in [0, 0.1) is 5.92 Å².